The standard InChI is InChI=1S/C16H12N2O4S2/c1-9-4-3-5-12(10(9)2)17-15(19)13(24-16(17)23)8-11-6-7-14(22-11)18(20)21/h3-8H,1-2H3. The smallest absolute Gasteiger partial charge is 0.401 e. The number of thioether (sulfide) groups is 1. The second-order valence-electron chi connectivity index (χ2n) is 5.17. The van der Waals surface area contributed by atoms with Gasteiger partial charge < -0.3 is 4.42 Å². The van der Waals surface area contributed by atoms with Crippen LogP contribution in [0.1, 0.15) is 16.9 Å². The van der Waals surface area contributed by atoms with Crippen molar-refractivity contribution in [1.29, 1.82) is 0 Å². The summed E-state index contributed by atoms with van der Waals surface area (Å²) in [4.78, 5) is 24.6. The number of carbonyl (C=O) groups is 1. The van der Waals surface area contributed by atoms with Gasteiger partial charge in [-0.15, -0.1) is 0 Å². The summed E-state index contributed by atoms with van der Waals surface area (Å²) >= 11 is 6.47. The van der Waals surface area contributed by atoms with Crippen LogP contribution >= 0.6 is 24.0 Å². The quantitative estimate of drug-likeness (QED) is 0.353. The van der Waals surface area contributed by atoms with E-state index in [2.05, 4.69) is 0 Å². The molecule has 1 aromatic carbocycles. The molecule has 0 saturated carbocycles. The van der Waals surface area contributed by atoms with Gasteiger partial charge in [0.15, 0.2) is 4.32 Å². The normalized spacial score (nSPS) is 16.2. The van der Waals surface area contributed by atoms with Crippen LogP contribution in [0.2, 0.25) is 0 Å². The van der Waals surface area contributed by atoms with Gasteiger partial charge in [0.2, 0.25) is 0 Å². The summed E-state index contributed by atoms with van der Waals surface area (Å²) < 4.78 is 5.49. The Balaban J connectivity index is 1.95. The number of carbonyl (C=O) groups excluding carboxylic acids is 1. The molecule has 6 nitrogen and oxygen atoms in total. The number of rotatable bonds is 3. The Hall–Kier alpha value is -2.45. The van der Waals surface area contributed by atoms with Crippen LogP contribution in [0.5, 0.6) is 0 Å². The predicted octanol–water partition coefficient (Wildman–Crippen LogP) is 4.21. The van der Waals surface area contributed by atoms with Gasteiger partial charge in [-0.3, -0.25) is 19.8 Å². The van der Waals surface area contributed by atoms with E-state index in [1.807, 2.05) is 32.0 Å². The molecule has 1 aliphatic heterocycles. The van der Waals surface area contributed by atoms with E-state index in [0.29, 0.717) is 9.23 Å². The lowest BCUT2D eigenvalue weighted by Gasteiger charge is -2.18. The summed E-state index contributed by atoms with van der Waals surface area (Å²) in [7, 11) is 0. The molecule has 0 radical (unpaired) electrons. The third kappa shape index (κ3) is 2.85. The van der Waals surface area contributed by atoms with E-state index in [1.54, 1.807) is 0 Å². The molecule has 0 atom stereocenters. The maximum atomic E-state index is 12.7. The molecule has 2 heterocycles. The topological polar surface area (TPSA) is 76.6 Å². The first-order valence-electron chi connectivity index (χ1n) is 6.97. The first-order valence-corrected chi connectivity index (χ1v) is 8.19. The molecule has 0 unspecified atom stereocenters. The molecule has 0 aliphatic carbocycles. The Morgan fingerprint density at radius 2 is 2.04 bits per heavy atom. The van der Waals surface area contributed by atoms with Crippen molar-refractivity contribution in [2.75, 3.05) is 4.90 Å². The van der Waals surface area contributed by atoms with Crippen molar-refractivity contribution < 1.29 is 14.1 Å². The summed E-state index contributed by atoms with van der Waals surface area (Å²) in [5, 5.41) is 10.7. The Labute approximate surface area is 147 Å². The van der Waals surface area contributed by atoms with Gasteiger partial charge in [-0.2, -0.15) is 0 Å². The monoisotopic (exact) mass is 360 g/mol. The minimum atomic E-state index is -0.626. The number of furan rings is 1. The van der Waals surface area contributed by atoms with Crippen molar-refractivity contribution in [2.45, 2.75) is 13.8 Å². The summed E-state index contributed by atoms with van der Waals surface area (Å²) in [6.07, 6.45) is 1.47. The molecule has 0 bridgehead atoms. The van der Waals surface area contributed by atoms with E-state index in [1.165, 1.54) is 23.1 Å². The number of benzene rings is 1. The minimum absolute atomic E-state index is 0.239. The molecule has 1 aromatic heterocycles. The van der Waals surface area contributed by atoms with Crippen molar-refractivity contribution in [1.82, 2.24) is 0 Å². The van der Waals surface area contributed by atoms with Gasteiger partial charge in [0, 0.05) is 6.08 Å². The van der Waals surface area contributed by atoms with Crippen LogP contribution in [0.15, 0.2) is 39.7 Å². The van der Waals surface area contributed by atoms with Crippen molar-refractivity contribution in [3.8, 4) is 0 Å². The minimum Gasteiger partial charge on any atom is -0.401 e. The number of aryl methyl sites for hydroxylation is 1. The van der Waals surface area contributed by atoms with Crippen molar-refractivity contribution in [3.05, 3.63) is 62.2 Å². The number of nitro groups is 1. The summed E-state index contributed by atoms with van der Waals surface area (Å²) in [6, 6.07) is 8.37. The van der Waals surface area contributed by atoms with Gasteiger partial charge in [-0.05, 0) is 37.1 Å². The van der Waals surface area contributed by atoms with Crippen LogP contribution in [-0.2, 0) is 4.79 Å². The second-order valence-corrected chi connectivity index (χ2v) is 6.85. The molecule has 0 N–H and O–H groups in total. The van der Waals surface area contributed by atoms with Gasteiger partial charge in [0.1, 0.15) is 10.7 Å². The van der Waals surface area contributed by atoms with Gasteiger partial charge in [-0.25, -0.2) is 0 Å². The Bertz CT molecular complexity index is 901. The van der Waals surface area contributed by atoms with Crippen LogP contribution in [0, 0.1) is 24.0 Å². The highest BCUT2D eigenvalue weighted by molar-refractivity contribution is 8.27. The third-order valence-electron chi connectivity index (χ3n) is 3.68. The average Bonchev–Trinajstić information content (AvgIpc) is 3.09. The first-order chi connectivity index (χ1) is 11.4. The second kappa shape index (κ2) is 6.21. The molecule has 1 fully saturated rings. The molecule has 1 amide bonds. The lowest BCUT2D eigenvalue weighted by Crippen LogP contribution is -2.28. The van der Waals surface area contributed by atoms with Gasteiger partial charge in [0.25, 0.3) is 5.91 Å². The zero-order valence-electron chi connectivity index (χ0n) is 12.8. The third-order valence-corrected chi connectivity index (χ3v) is 4.98. The fourth-order valence-corrected chi connectivity index (χ4v) is 3.57. The Morgan fingerprint density at radius 1 is 1.29 bits per heavy atom. The van der Waals surface area contributed by atoms with Crippen LogP contribution in [0.25, 0.3) is 6.08 Å². The largest absolute Gasteiger partial charge is 0.433 e. The highest BCUT2D eigenvalue weighted by Gasteiger charge is 2.34. The van der Waals surface area contributed by atoms with Gasteiger partial charge >= 0.3 is 5.88 Å². The van der Waals surface area contributed by atoms with Gasteiger partial charge in [0.05, 0.1) is 16.7 Å². The molecule has 1 aliphatic rings. The van der Waals surface area contributed by atoms with Gasteiger partial charge in [-0.1, -0.05) is 36.1 Å². The highest BCUT2D eigenvalue weighted by atomic mass is 32.2. The highest BCUT2D eigenvalue weighted by Crippen LogP contribution is 2.38. The maximum Gasteiger partial charge on any atom is 0.433 e. The van der Waals surface area contributed by atoms with Crippen molar-refractivity contribution in [2.24, 2.45) is 0 Å². The first kappa shape index (κ1) is 16.4. The molecular weight excluding hydrogens is 348 g/mol. The van der Waals surface area contributed by atoms with Crippen LogP contribution in [0.4, 0.5) is 11.6 Å². The molecule has 1 saturated heterocycles. The zero-order chi connectivity index (χ0) is 17.4. The number of hydrogen-bond donors (Lipinski definition) is 0. The fourth-order valence-electron chi connectivity index (χ4n) is 2.30. The molecule has 3 rings (SSSR count). The molecule has 122 valence electrons. The molecule has 8 heteroatoms. The number of hydrogen-bond acceptors (Lipinski definition) is 6. The molecule has 0 spiro atoms. The van der Waals surface area contributed by atoms with E-state index >= 15 is 0 Å². The molecule has 24 heavy (non-hydrogen) atoms. The number of nitrogens with zero attached hydrogens (tertiary/aromatic N) is 2. The van der Waals surface area contributed by atoms with E-state index in [4.69, 9.17) is 16.6 Å². The summed E-state index contributed by atoms with van der Waals surface area (Å²) in [5.41, 5.74) is 2.78. The van der Waals surface area contributed by atoms with Crippen molar-refractivity contribution in [3.63, 3.8) is 0 Å². The maximum absolute atomic E-state index is 12.7. The summed E-state index contributed by atoms with van der Waals surface area (Å²) in [6.45, 7) is 3.90. The summed E-state index contributed by atoms with van der Waals surface area (Å²) in [5.74, 6) is -0.396. The van der Waals surface area contributed by atoms with E-state index in [9.17, 15) is 14.9 Å². The van der Waals surface area contributed by atoms with Crippen LogP contribution in [-0.4, -0.2) is 15.2 Å². The Morgan fingerprint density at radius 3 is 2.71 bits per heavy atom. The molecular formula is C16H12N2O4S2. The van der Waals surface area contributed by atoms with Crippen molar-refractivity contribution >= 4 is 51.9 Å². The number of thiocarbonyl (C=S) groups is 1. The van der Waals surface area contributed by atoms with Crippen LogP contribution < -0.4 is 4.90 Å². The predicted molar refractivity (Wildman–Crippen MR) is 96.9 cm³/mol. The SMILES string of the molecule is Cc1cccc(N2C(=O)C(=Cc3ccc([N+](=O)[O-])o3)SC2=S)c1C. The number of anilines is 1. The molecule has 2 aromatic rings. The van der Waals surface area contributed by atoms with E-state index in [0.717, 1.165) is 28.6 Å². The fraction of sp³-hybridized carbons (Fsp3) is 0.125. The lowest BCUT2D eigenvalue weighted by atomic mass is 10.1. The van der Waals surface area contributed by atoms with E-state index < -0.39 is 4.92 Å². The lowest BCUT2D eigenvalue weighted by molar-refractivity contribution is -0.402. The Kier molecular flexibility index (Phi) is 4.25. The average molecular weight is 360 g/mol. The number of amides is 1. The van der Waals surface area contributed by atoms with Crippen LogP contribution in [0.3, 0.4) is 0 Å². The zero-order valence-corrected chi connectivity index (χ0v) is 14.4. The van der Waals surface area contributed by atoms with E-state index in [-0.39, 0.29) is 17.6 Å².